The van der Waals surface area contributed by atoms with Gasteiger partial charge in [-0.25, -0.2) is 9.59 Å². The minimum Gasteiger partial charge on any atom is -0.386 e. The number of benzene rings is 2. The normalized spacial score (nSPS) is 21.2. The van der Waals surface area contributed by atoms with Crippen molar-refractivity contribution in [3.8, 4) is 0 Å². The molecule has 2 aromatic rings. The highest BCUT2D eigenvalue weighted by Crippen LogP contribution is 2.26. The Hall–Kier alpha value is -4.09. The van der Waals surface area contributed by atoms with Crippen molar-refractivity contribution < 1.29 is 33.5 Å². The number of nitrogens with two attached hydrogens (primary N) is 1. The van der Waals surface area contributed by atoms with Gasteiger partial charge in [0.25, 0.3) is 11.8 Å². The summed E-state index contributed by atoms with van der Waals surface area (Å²) in [4.78, 5) is 68.4. The maximum absolute atomic E-state index is 12.1. The molecule has 0 saturated carbocycles. The van der Waals surface area contributed by atoms with E-state index in [1.165, 1.54) is 4.90 Å². The Morgan fingerprint density at radius 1 is 0.694 bits per heavy atom. The number of cyclic esters (lactones) is 2. The topological polar surface area (TPSA) is 165 Å². The first-order chi connectivity index (χ1) is 16.8. The Bertz CT molecular complexity index is 1180. The summed E-state index contributed by atoms with van der Waals surface area (Å²) in [7, 11) is 0. The molecule has 12 heteroatoms. The summed E-state index contributed by atoms with van der Waals surface area (Å²) >= 11 is 0. The Morgan fingerprint density at radius 3 is 1.50 bits per heavy atom. The molecule has 2 aromatic carbocycles. The number of nitrogens with zero attached hydrogens (tertiary/aromatic N) is 1. The van der Waals surface area contributed by atoms with Crippen molar-refractivity contribution in [1.82, 2.24) is 15.5 Å². The minimum absolute atomic E-state index is 0. The van der Waals surface area contributed by atoms with Gasteiger partial charge >= 0.3 is 11.9 Å². The number of esters is 2. The molecule has 2 saturated heterocycles. The first kappa shape index (κ1) is 26.5. The molecule has 2 fully saturated rings. The molecule has 2 unspecified atom stereocenters. The van der Waals surface area contributed by atoms with Gasteiger partial charge in [0.1, 0.15) is 0 Å². The number of amides is 4. The Morgan fingerprint density at radius 2 is 1.14 bits per heavy atom. The fourth-order valence-electron chi connectivity index (χ4n) is 3.97. The van der Waals surface area contributed by atoms with Gasteiger partial charge in [0, 0.05) is 32.0 Å². The van der Waals surface area contributed by atoms with Gasteiger partial charge in [0.05, 0.1) is 28.3 Å². The molecule has 4 amide bonds. The van der Waals surface area contributed by atoms with E-state index in [9.17, 15) is 28.8 Å². The van der Waals surface area contributed by atoms with Gasteiger partial charge in [0.2, 0.25) is 11.8 Å². The zero-order valence-corrected chi connectivity index (χ0v) is 19.7. The van der Waals surface area contributed by atoms with Crippen LogP contribution in [0.25, 0.3) is 0 Å². The van der Waals surface area contributed by atoms with E-state index in [1.54, 1.807) is 48.5 Å². The fourth-order valence-corrected chi connectivity index (χ4v) is 3.97. The molecule has 0 aliphatic carbocycles. The van der Waals surface area contributed by atoms with Gasteiger partial charge in [-0.3, -0.25) is 24.1 Å². The minimum atomic E-state index is -0.550. The molecule has 4 heterocycles. The third-order valence-corrected chi connectivity index (χ3v) is 5.71. The van der Waals surface area contributed by atoms with Crippen LogP contribution in [0.4, 0.5) is 0 Å². The molecule has 2 atom stereocenters. The number of fused-ring (bicyclic) bond motifs is 2. The summed E-state index contributed by atoms with van der Waals surface area (Å²) in [5.41, 5.74) is 6.91. The second kappa shape index (κ2) is 11.1. The van der Waals surface area contributed by atoms with E-state index in [2.05, 4.69) is 15.4 Å². The van der Waals surface area contributed by atoms with Crippen molar-refractivity contribution in [2.75, 3.05) is 13.1 Å². The van der Waals surface area contributed by atoms with E-state index in [-0.39, 0.29) is 54.5 Å². The van der Waals surface area contributed by atoms with E-state index < -0.39 is 11.9 Å². The van der Waals surface area contributed by atoms with Gasteiger partial charge in [-0.2, -0.15) is 0 Å². The lowest BCUT2D eigenvalue weighted by molar-refractivity contribution is -0.120. The van der Waals surface area contributed by atoms with Gasteiger partial charge in [0.15, 0.2) is 0 Å². The standard InChI is InChI=1S/C12H10N2O3.C8H4O3.C4H8N2O.ClH/c15-10-5-7(6-13-10)14-11(16)8-3-1-2-4-9(8)12(14)17;9-7-5-3-1-2-4-6(5)8(10)11-7;5-3-1-4(7)6-2-3;/h1-4,7H,5-6H2,(H,13,15);1-4H;3H,1-2,5H2,(H,6,7);1H. The van der Waals surface area contributed by atoms with Crippen LogP contribution in [0.5, 0.6) is 0 Å². The van der Waals surface area contributed by atoms with Crippen molar-refractivity contribution in [2.45, 2.75) is 24.9 Å². The van der Waals surface area contributed by atoms with Crippen molar-refractivity contribution >= 4 is 48.0 Å². The number of carbonyl (C=O) groups excluding carboxylic acids is 6. The lowest BCUT2D eigenvalue weighted by Gasteiger charge is -2.19. The van der Waals surface area contributed by atoms with Crippen molar-refractivity contribution in [2.24, 2.45) is 5.73 Å². The monoisotopic (exact) mass is 514 g/mol. The van der Waals surface area contributed by atoms with Crippen LogP contribution in [-0.4, -0.2) is 65.6 Å². The molecule has 4 N–H and O–H groups in total. The van der Waals surface area contributed by atoms with Crippen LogP contribution in [0.1, 0.15) is 54.3 Å². The SMILES string of the molecule is Cl.NC1CNC(=O)C1.O=C1CC(N2C(=O)c3ccccc3C2=O)CN1.O=C1OC(=O)c2ccccc21. The predicted molar refractivity (Wildman–Crippen MR) is 127 cm³/mol. The van der Waals surface area contributed by atoms with Crippen LogP contribution >= 0.6 is 12.4 Å². The molecular formula is C24H23ClN4O7. The third kappa shape index (κ3) is 5.42. The first-order valence-corrected chi connectivity index (χ1v) is 10.9. The molecule has 0 spiro atoms. The van der Waals surface area contributed by atoms with Crippen LogP contribution in [0.15, 0.2) is 48.5 Å². The second-order valence-electron chi connectivity index (χ2n) is 8.18. The smallest absolute Gasteiger partial charge is 0.346 e. The largest absolute Gasteiger partial charge is 0.386 e. The van der Waals surface area contributed by atoms with Gasteiger partial charge in [-0.15, -0.1) is 12.4 Å². The summed E-state index contributed by atoms with van der Waals surface area (Å²) in [6, 6.07) is 13.0. The summed E-state index contributed by atoms with van der Waals surface area (Å²) in [5.74, 6) is -1.74. The van der Waals surface area contributed by atoms with E-state index >= 15 is 0 Å². The highest BCUT2D eigenvalue weighted by Gasteiger charge is 2.42. The summed E-state index contributed by atoms with van der Waals surface area (Å²) in [5, 5.41) is 5.23. The van der Waals surface area contributed by atoms with Crippen LogP contribution in [0.3, 0.4) is 0 Å². The number of imide groups is 1. The average Bonchev–Trinajstić information content (AvgIpc) is 3.58. The van der Waals surface area contributed by atoms with Gasteiger partial charge in [-0.05, 0) is 24.3 Å². The number of nitrogens with one attached hydrogen (secondary N) is 2. The summed E-state index contributed by atoms with van der Waals surface area (Å²) in [6.07, 6.45) is 0.700. The Kier molecular flexibility index (Phi) is 8.18. The summed E-state index contributed by atoms with van der Waals surface area (Å²) < 4.78 is 4.35. The molecule has 0 aromatic heterocycles. The quantitative estimate of drug-likeness (QED) is 0.280. The number of halogens is 1. The first-order valence-electron chi connectivity index (χ1n) is 10.9. The van der Waals surface area contributed by atoms with Crippen LogP contribution in [0.2, 0.25) is 0 Å². The molecule has 36 heavy (non-hydrogen) atoms. The van der Waals surface area contributed by atoms with Crippen LogP contribution < -0.4 is 16.4 Å². The lowest BCUT2D eigenvalue weighted by atomic mass is 10.1. The van der Waals surface area contributed by atoms with Crippen molar-refractivity contribution in [3.05, 3.63) is 70.8 Å². The Balaban J connectivity index is 0.000000164. The molecule has 11 nitrogen and oxygen atoms in total. The Labute approximate surface area is 211 Å². The number of hydrogen-bond donors (Lipinski definition) is 3. The average molecular weight is 515 g/mol. The number of hydrogen-bond acceptors (Lipinski definition) is 8. The highest BCUT2D eigenvalue weighted by molar-refractivity contribution is 6.21. The van der Waals surface area contributed by atoms with E-state index in [0.29, 0.717) is 41.8 Å². The van der Waals surface area contributed by atoms with E-state index in [1.807, 2.05) is 0 Å². The molecule has 188 valence electrons. The van der Waals surface area contributed by atoms with Crippen molar-refractivity contribution in [3.63, 3.8) is 0 Å². The zero-order valence-electron chi connectivity index (χ0n) is 18.9. The van der Waals surface area contributed by atoms with E-state index in [4.69, 9.17) is 5.73 Å². The maximum atomic E-state index is 12.1. The molecule has 0 bridgehead atoms. The van der Waals surface area contributed by atoms with Gasteiger partial charge < -0.3 is 21.1 Å². The maximum Gasteiger partial charge on any atom is 0.346 e. The highest BCUT2D eigenvalue weighted by atomic mass is 35.5. The molecule has 6 rings (SSSR count). The fraction of sp³-hybridized carbons (Fsp3) is 0.250. The number of rotatable bonds is 1. The number of carbonyl (C=O) groups is 6. The molecule has 0 radical (unpaired) electrons. The molecule has 4 aliphatic rings. The van der Waals surface area contributed by atoms with Gasteiger partial charge in [-0.1, -0.05) is 24.3 Å². The third-order valence-electron chi connectivity index (χ3n) is 5.71. The number of ether oxygens (including phenoxy) is 1. The summed E-state index contributed by atoms with van der Waals surface area (Å²) in [6.45, 7) is 1.00. The zero-order chi connectivity index (χ0) is 25.1. The van der Waals surface area contributed by atoms with Crippen LogP contribution in [0, 0.1) is 0 Å². The van der Waals surface area contributed by atoms with Crippen LogP contribution in [-0.2, 0) is 14.3 Å². The second-order valence-corrected chi connectivity index (χ2v) is 8.18. The molecular weight excluding hydrogens is 492 g/mol. The van der Waals surface area contributed by atoms with Crippen molar-refractivity contribution in [1.29, 1.82) is 0 Å². The predicted octanol–water partition coefficient (Wildman–Crippen LogP) is 0.424. The lowest BCUT2D eigenvalue weighted by Crippen LogP contribution is -2.41. The van der Waals surface area contributed by atoms with E-state index in [0.717, 1.165) is 0 Å². The molecule has 4 aliphatic heterocycles.